The van der Waals surface area contributed by atoms with Gasteiger partial charge < -0.3 is 14.7 Å². The third-order valence-electron chi connectivity index (χ3n) is 3.19. The van der Waals surface area contributed by atoms with E-state index in [0.29, 0.717) is 5.69 Å². The van der Waals surface area contributed by atoms with Gasteiger partial charge in [-0.05, 0) is 0 Å². The summed E-state index contributed by atoms with van der Waals surface area (Å²) in [7, 11) is 1.58. The van der Waals surface area contributed by atoms with Crippen molar-refractivity contribution in [1.82, 2.24) is 9.88 Å². The minimum atomic E-state index is -1.08. The van der Waals surface area contributed by atoms with Crippen molar-refractivity contribution in [2.75, 3.05) is 13.7 Å². The summed E-state index contributed by atoms with van der Waals surface area (Å²) in [4.78, 5) is 29.0. The number of thiazole rings is 1. The van der Waals surface area contributed by atoms with Crippen molar-refractivity contribution >= 4 is 23.2 Å². The van der Waals surface area contributed by atoms with Gasteiger partial charge in [0.05, 0.1) is 10.7 Å². The molecular weight excluding hydrogens is 280 g/mol. The summed E-state index contributed by atoms with van der Waals surface area (Å²) in [5.74, 6) is -1.32. The molecule has 110 valence electrons. The highest BCUT2D eigenvalue weighted by molar-refractivity contribution is 7.09. The van der Waals surface area contributed by atoms with E-state index in [1.165, 1.54) is 16.2 Å². The van der Waals surface area contributed by atoms with E-state index in [9.17, 15) is 14.7 Å². The zero-order chi connectivity index (χ0) is 15.1. The number of likely N-dealkylation sites (N-methyl/N-ethyl adjacent to an activating group) is 1. The van der Waals surface area contributed by atoms with Crippen molar-refractivity contribution in [2.24, 2.45) is 0 Å². The summed E-state index contributed by atoms with van der Waals surface area (Å²) in [6.45, 7) is 5.91. The van der Waals surface area contributed by atoms with Crippen molar-refractivity contribution < 1.29 is 19.4 Å². The minimum Gasteiger partial charge on any atom is -0.479 e. The number of carboxylic acids is 1. The van der Waals surface area contributed by atoms with E-state index >= 15 is 0 Å². The fourth-order valence-electron chi connectivity index (χ4n) is 2.04. The molecule has 7 heteroatoms. The SMILES string of the molecule is CN1C(=O)COC(C(=O)O)C1c1csc(C(C)(C)C)n1. The second kappa shape index (κ2) is 5.14. The van der Waals surface area contributed by atoms with Gasteiger partial charge in [0.1, 0.15) is 12.6 Å². The first-order valence-electron chi connectivity index (χ1n) is 6.28. The van der Waals surface area contributed by atoms with Crippen LogP contribution in [0, 0.1) is 0 Å². The summed E-state index contributed by atoms with van der Waals surface area (Å²) in [5, 5.41) is 12.0. The monoisotopic (exact) mass is 298 g/mol. The van der Waals surface area contributed by atoms with Gasteiger partial charge in [0.25, 0.3) is 0 Å². The molecule has 1 aliphatic rings. The lowest BCUT2D eigenvalue weighted by Crippen LogP contribution is -2.50. The Morgan fingerprint density at radius 2 is 2.20 bits per heavy atom. The number of carboxylic acid groups (broad SMARTS) is 1. The van der Waals surface area contributed by atoms with Crippen LogP contribution in [-0.2, 0) is 19.7 Å². The second-order valence-electron chi connectivity index (χ2n) is 5.85. The van der Waals surface area contributed by atoms with Gasteiger partial charge in [0.15, 0.2) is 6.10 Å². The number of aliphatic carboxylic acids is 1. The molecule has 1 saturated heterocycles. The highest BCUT2D eigenvalue weighted by Gasteiger charge is 2.41. The number of carbonyl (C=O) groups is 2. The molecule has 0 radical (unpaired) electrons. The average Bonchev–Trinajstić information content (AvgIpc) is 2.80. The van der Waals surface area contributed by atoms with E-state index in [-0.39, 0.29) is 17.9 Å². The normalized spacial score (nSPS) is 24.0. The smallest absolute Gasteiger partial charge is 0.335 e. The summed E-state index contributed by atoms with van der Waals surface area (Å²) in [6.07, 6.45) is -1.08. The molecular formula is C13H18N2O4S. The molecule has 2 unspecified atom stereocenters. The number of aromatic nitrogens is 1. The quantitative estimate of drug-likeness (QED) is 0.893. The number of carbonyl (C=O) groups excluding carboxylic acids is 1. The lowest BCUT2D eigenvalue weighted by atomic mass is 9.98. The summed E-state index contributed by atoms with van der Waals surface area (Å²) in [6, 6.07) is -0.680. The molecule has 1 fully saturated rings. The Morgan fingerprint density at radius 3 is 2.70 bits per heavy atom. The van der Waals surface area contributed by atoms with E-state index in [0.717, 1.165) is 5.01 Å². The first-order chi connectivity index (χ1) is 9.21. The topological polar surface area (TPSA) is 79.7 Å². The van der Waals surface area contributed by atoms with Gasteiger partial charge in [0, 0.05) is 17.8 Å². The molecule has 0 bridgehead atoms. The molecule has 1 aromatic heterocycles. The lowest BCUT2D eigenvalue weighted by molar-refractivity contribution is -0.171. The second-order valence-corrected chi connectivity index (χ2v) is 6.70. The van der Waals surface area contributed by atoms with Gasteiger partial charge in [0.2, 0.25) is 5.91 Å². The Balaban J connectivity index is 2.37. The predicted octanol–water partition coefficient (Wildman–Crippen LogP) is 1.42. The molecule has 0 aliphatic carbocycles. The van der Waals surface area contributed by atoms with Crippen LogP contribution < -0.4 is 0 Å². The van der Waals surface area contributed by atoms with Gasteiger partial charge in [-0.3, -0.25) is 4.79 Å². The Hall–Kier alpha value is -1.47. The maximum absolute atomic E-state index is 11.7. The molecule has 20 heavy (non-hydrogen) atoms. The van der Waals surface area contributed by atoms with E-state index < -0.39 is 18.1 Å². The summed E-state index contributed by atoms with van der Waals surface area (Å²) in [5.41, 5.74) is 0.461. The number of hydrogen-bond acceptors (Lipinski definition) is 5. The number of nitrogens with zero attached hydrogens (tertiary/aromatic N) is 2. The third-order valence-corrected chi connectivity index (χ3v) is 4.48. The summed E-state index contributed by atoms with van der Waals surface area (Å²) >= 11 is 1.47. The fourth-order valence-corrected chi connectivity index (χ4v) is 2.97. The largest absolute Gasteiger partial charge is 0.479 e. The van der Waals surface area contributed by atoms with Crippen LogP contribution >= 0.6 is 11.3 Å². The van der Waals surface area contributed by atoms with Gasteiger partial charge in [-0.2, -0.15) is 0 Å². The van der Waals surface area contributed by atoms with E-state index in [1.807, 2.05) is 20.8 Å². The van der Waals surface area contributed by atoms with Crippen LogP contribution in [0.15, 0.2) is 5.38 Å². The van der Waals surface area contributed by atoms with Gasteiger partial charge in [-0.15, -0.1) is 11.3 Å². The zero-order valence-corrected chi connectivity index (χ0v) is 12.7. The maximum Gasteiger partial charge on any atom is 0.335 e. The van der Waals surface area contributed by atoms with Crippen molar-refractivity contribution in [3.63, 3.8) is 0 Å². The number of hydrogen-bond donors (Lipinski definition) is 1. The Morgan fingerprint density at radius 1 is 1.55 bits per heavy atom. The van der Waals surface area contributed by atoms with Crippen LogP contribution in [0.3, 0.4) is 0 Å². The summed E-state index contributed by atoms with van der Waals surface area (Å²) < 4.78 is 5.16. The van der Waals surface area contributed by atoms with Crippen molar-refractivity contribution in [3.8, 4) is 0 Å². The molecule has 0 spiro atoms. The third kappa shape index (κ3) is 2.69. The predicted molar refractivity (Wildman–Crippen MR) is 73.7 cm³/mol. The van der Waals surface area contributed by atoms with Crippen LogP contribution in [-0.4, -0.2) is 46.6 Å². The number of ether oxygens (including phenoxy) is 1. The van der Waals surface area contributed by atoms with Crippen molar-refractivity contribution in [2.45, 2.75) is 38.3 Å². The number of amides is 1. The molecule has 2 rings (SSSR count). The lowest BCUT2D eigenvalue weighted by Gasteiger charge is -2.35. The maximum atomic E-state index is 11.7. The Labute approximate surface area is 121 Å². The van der Waals surface area contributed by atoms with Crippen LogP contribution in [0.2, 0.25) is 0 Å². The molecule has 1 aromatic rings. The molecule has 2 heterocycles. The zero-order valence-electron chi connectivity index (χ0n) is 11.9. The molecule has 1 aliphatic heterocycles. The molecule has 1 amide bonds. The van der Waals surface area contributed by atoms with Gasteiger partial charge in [-0.25, -0.2) is 9.78 Å². The van der Waals surface area contributed by atoms with Crippen LogP contribution in [0.1, 0.15) is 37.5 Å². The standard InChI is InChI=1S/C13H18N2O4S/c1-13(2,3)12-14-7(6-20-12)9-10(11(17)18)19-5-8(16)15(9)4/h6,9-10H,5H2,1-4H3,(H,17,18). The number of rotatable bonds is 2. The number of morpholine rings is 1. The van der Waals surface area contributed by atoms with E-state index in [1.54, 1.807) is 12.4 Å². The fraction of sp³-hybridized carbons (Fsp3) is 0.615. The average molecular weight is 298 g/mol. The molecule has 0 saturated carbocycles. The van der Waals surface area contributed by atoms with Crippen LogP contribution in [0.25, 0.3) is 0 Å². The van der Waals surface area contributed by atoms with Gasteiger partial charge >= 0.3 is 5.97 Å². The van der Waals surface area contributed by atoms with E-state index in [4.69, 9.17) is 4.74 Å². The molecule has 0 aromatic carbocycles. The minimum absolute atomic E-state index is 0.111. The Kier molecular flexibility index (Phi) is 3.84. The van der Waals surface area contributed by atoms with Crippen molar-refractivity contribution in [3.05, 3.63) is 16.1 Å². The van der Waals surface area contributed by atoms with E-state index in [2.05, 4.69) is 4.98 Å². The van der Waals surface area contributed by atoms with Gasteiger partial charge in [-0.1, -0.05) is 20.8 Å². The van der Waals surface area contributed by atoms with Crippen molar-refractivity contribution in [1.29, 1.82) is 0 Å². The highest BCUT2D eigenvalue weighted by atomic mass is 32.1. The molecule has 6 nitrogen and oxygen atoms in total. The van der Waals surface area contributed by atoms with Crippen LogP contribution in [0.5, 0.6) is 0 Å². The highest BCUT2D eigenvalue weighted by Crippen LogP contribution is 2.33. The Bertz CT molecular complexity index is 535. The van der Waals surface area contributed by atoms with Crippen LogP contribution in [0.4, 0.5) is 0 Å². The first-order valence-corrected chi connectivity index (χ1v) is 7.15. The molecule has 2 atom stereocenters. The molecule has 1 N–H and O–H groups in total. The first kappa shape index (κ1) is 14.9.